The molecule has 1 heterocycles. The van der Waals surface area contributed by atoms with E-state index >= 15 is 0 Å². The quantitative estimate of drug-likeness (QED) is 0.804. The Bertz CT molecular complexity index is 617. The Morgan fingerprint density at radius 1 is 1.27 bits per heavy atom. The highest BCUT2D eigenvalue weighted by Gasteiger charge is 2.15. The number of benzene rings is 1. The summed E-state index contributed by atoms with van der Waals surface area (Å²) >= 11 is 0. The summed E-state index contributed by atoms with van der Waals surface area (Å²) in [7, 11) is 0. The minimum Gasteiger partial charge on any atom is -0.467 e. The van der Waals surface area contributed by atoms with E-state index in [1.807, 2.05) is 44.2 Å². The molecule has 0 spiro atoms. The second-order valence-electron chi connectivity index (χ2n) is 5.37. The smallest absolute Gasteiger partial charge is 0.244 e. The predicted octanol–water partition coefficient (Wildman–Crippen LogP) is 3.31. The Hall–Kier alpha value is -2.33. The van der Waals surface area contributed by atoms with Gasteiger partial charge < -0.3 is 14.8 Å². The van der Waals surface area contributed by atoms with E-state index in [1.54, 1.807) is 18.2 Å². The maximum Gasteiger partial charge on any atom is 0.244 e. The molecule has 1 amide bonds. The Labute approximate surface area is 130 Å². The van der Waals surface area contributed by atoms with Crippen LogP contribution < -0.4 is 5.32 Å². The number of amides is 1. The Balaban J connectivity index is 1.88. The molecular formula is C18H21NO3. The van der Waals surface area contributed by atoms with E-state index < -0.39 is 6.10 Å². The van der Waals surface area contributed by atoms with E-state index in [0.29, 0.717) is 12.2 Å². The van der Waals surface area contributed by atoms with Gasteiger partial charge in [-0.2, -0.15) is 0 Å². The van der Waals surface area contributed by atoms with Crippen LogP contribution in [-0.4, -0.2) is 17.1 Å². The zero-order chi connectivity index (χ0) is 15.9. The highest BCUT2D eigenvalue weighted by atomic mass is 16.4. The monoisotopic (exact) mass is 299 g/mol. The summed E-state index contributed by atoms with van der Waals surface area (Å²) in [6, 6.07) is 13.0. The third kappa shape index (κ3) is 4.60. The van der Waals surface area contributed by atoms with Gasteiger partial charge in [-0.1, -0.05) is 30.3 Å². The van der Waals surface area contributed by atoms with Gasteiger partial charge in [-0.25, -0.2) is 0 Å². The molecule has 1 aromatic heterocycles. The summed E-state index contributed by atoms with van der Waals surface area (Å²) in [5.74, 6) is 0.345. The van der Waals surface area contributed by atoms with Gasteiger partial charge in [0, 0.05) is 18.5 Å². The summed E-state index contributed by atoms with van der Waals surface area (Å²) in [6.45, 7) is 3.76. The fourth-order valence-electron chi connectivity index (χ4n) is 2.26. The number of rotatable bonds is 6. The Morgan fingerprint density at radius 3 is 2.64 bits per heavy atom. The second kappa shape index (κ2) is 7.61. The van der Waals surface area contributed by atoms with Crippen LogP contribution >= 0.6 is 0 Å². The number of furan rings is 1. The molecule has 22 heavy (non-hydrogen) atoms. The number of aliphatic hydroxyl groups excluding tert-OH is 1. The molecule has 0 aliphatic carbocycles. The van der Waals surface area contributed by atoms with Crippen LogP contribution in [0.15, 0.2) is 59.2 Å². The third-order valence-corrected chi connectivity index (χ3v) is 3.41. The largest absolute Gasteiger partial charge is 0.467 e. The van der Waals surface area contributed by atoms with Crippen LogP contribution in [0, 0.1) is 0 Å². The van der Waals surface area contributed by atoms with Gasteiger partial charge in [0.15, 0.2) is 0 Å². The van der Waals surface area contributed by atoms with Crippen LogP contribution in [0.3, 0.4) is 0 Å². The summed E-state index contributed by atoms with van der Waals surface area (Å²) in [6.07, 6.45) is 2.78. The molecule has 2 rings (SSSR count). The van der Waals surface area contributed by atoms with Crippen LogP contribution in [0.25, 0.3) is 5.57 Å². The van der Waals surface area contributed by atoms with Gasteiger partial charge in [0.25, 0.3) is 0 Å². The molecule has 0 aliphatic heterocycles. The van der Waals surface area contributed by atoms with Crippen LogP contribution in [0.1, 0.15) is 37.7 Å². The first-order chi connectivity index (χ1) is 10.6. The number of aliphatic hydroxyl groups is 1. The van der Waals surface area contributed by atoms with Gasteiger partial charge in [0.2, 0.25) is 5.91 Å². The first-order valence-corrected chi connectivity index (χ1v) is 7.32. The number of hydrogen-bond donors (Lipinski definition) is 2. The number of hydrogen-bond acceptors (Lipinski definition) is 3. The number of carbonyl (C=O) groups is 1. The highest BCUT2D eigenvalue weighted by Crippen LogP contribution is 2.18. The average Bonchev–Trinajstić information content (AvgIpc) is 3.02. The molecule has 4 nitrogen and oxygen atoms in total. The summed E-state index contributed by atoms with van der Waals surface area (Å²) < 4.78 is 5.15. The van der Waals surface area contributed by atoms with Gasteiger partial charge in [0.05, 0.1) is 6.26 Å². The van der Waals surface area contributed by atoms with Gasteiger partial charge in [-0.3, -0.25) is 4.79 Å². The molecule has 1 aromatic carbocycles. The van der Waals surface area contributed by atoms with Crippen molar-refractivity contribution in [3.8, 4) is 0 Å². The SMILES string of the molecule is C/C(=C/C(=O)NC(C)CC(O)c1ccco1)c1ccccc1. The summed E-state index contributed by atoms with van der Waals surface area (Å²) in [5, 5.41) is 12.8. The zero-order valence-electron chi connectivity index (χ0n) is 12.8. The topological polar surface area (TPSA) is 62.5 Å². The normalized spacial score (nSPS) is 14.4. The van der Waals surface area contributed by atoms with E-state index in [2.05, 4.69) is 5.32 Å². The van der Waals surface area contributed by atoms with Crippen LogP contribution in [0.4, 0.5) is 0 Å². The van der Waals surface area contributed by atoms with Crippen LogP contribution in [0.5, 0.6) is 0 Å². The van der Waals surface area contributed by atoms with Crippen LogP contribution in [0.2, 0.25) is 0 Å². The number of allylic oxidation sites excluding steroid dienone is 1. The molecule has 0 radical (unpaired) electrons. The van der Waals surface area contributed by atoms with Crippen molar-refractivity contribution in [2.75, 3.05) is 0 Å². The van der Waals surface area contributed by atoms with Gasteiger partial charge in [-0.15, -0.1) is 0 Å². The molecule has 4 heteroatoms. The van der Waals surface area contributed by atoms with E-state index in [-0.39, 0.29) is 11.9 Å². The maximum atomic E-state index is 12.0. The molecule has 0 bridgehead atoms. The van der Waals surface area contributed by atoms with Crippen LogP contribution in [-0.2, 0) is 4.79 Å². The lowest BCUT2D eigenvalue weighted by Crippen LogP contribution is -2.32. The minimum atomic E-state index is -0.718. The Kier molecular flexibility index (Phi) is 5.55. The predicted molar refractivity (Wildman–Crippen MR) is 86.0 cm³/mol. The van der Waals surface area contributed by atoms with Crippen molar-refractivity contribution in [2.45, 2.75) is 32.4 Å². The van der Waals surface area contributed by atoms with Gasteiger partial charge >= 0.3 is 0 Å². The van der Waals surface area contributed by atoms with E-state index in [0.717, 1.165) is 11.1 Å². The van der Waals surface area contributed by atoms with Gasteiger partial charge in [-0.05, 0) is 37.1 Å². The highest BCUT2D eigenvalue weighted by molar-refractivity contribution is 5.94. The van der Waals surface area contributed by atoms with Crippen molar-refractivity contribution >= 4 is 11.5 Å². The summed E-state index contributed by atoms with van der Waals surface area (Å²) in [5.41, 5.74) is 1.91. The molecule has 0 aliphatic rings. The molecule has 2 aromatic rings. The lowest BCUT2D eigenvalue weighted by Gasteiger charge is -2.16. The van der Waals surface area contributed by atoms with Crippen molar-refractivity contribution in [1.29, 1.82) is 0 Å². The molecular weight excluding hydrogens is 278 g/mol. The van der Waals surface area contributed by atoms with Crippen molar-refractivity contribution in [3.63, 3.8) is 0 Å². The van der Waals surface area contributed by atoms with Crippen molar-refractivity contribution < 1.29 is 14.3 Å². The van der Waals surface area contributed by atoms with Crippen molar-refractivity contribution in [1.82, 2.24) is 5.32 Å². The first kappa shape index (κ1) is 16.0. The Morgan fingerprint density at radius 2 is 2.00 bits per heavy atom. The molecule has 0 fully saturated rings. The fourth-order valence-corrected chi connectivity index (χ4v) is 2.26. The standard InChI is InChI=1S/C18H21NO3/c1-13(15-7-4-3-5-8-15)11-18(21)19-14(2)12-16(20)17-9-6-10-22-17/h3-11,14,16,20H,12H2,1-2H3,(H,19,21)/b13-11-. The molecule has 2 unspecified atom stereocenters. The van der Waals surface area contributed by atoms with E-state index in [1.165, 1.54) is 6.26 Å². The summed E-state index contributed by atoms with van der Waals surface area (Å²) in [4.78, 5) is 12.0. The van der Waals surface area contributed by atoms with E-state index in [4.69, 9.17) is 4.42 Å². The molecule has 2 atom stereocenters. The second-order valence-corrected chi connectivity index (χ2v) is 5.37. The molecule has 116 valence electrons. The first-order valence-electron chi connectivity index (χ1n) is 7.32. The molecule has 2 N–H and O–H groups in total. The fraction of sp³-hybridized carbons (Fsp3) is 0.278. The number of carbonyl (C=O) groups excluding carboxylic acids is 1. The molecule has 0 saturated carbocycles. The van der Waals surface area contributed by atoms with Gasteiger partial charge in [0.1, 0.15) is 11.9 Å². The van der Waals surface area contributed by atoms with Crippen molar-refractivity contribution in [2.24, 2.45) is 0 Å². The minimum absolute atomic E-state index is 0.160. The van der Waals surface area contributed by atoms with Crippen molar-refractivity contribution in [3.05, 3.63) is 66.1 Å². The third-order valence-electron chi connectivity index (χ3n) is 3.41. The van der Waals surface area contributed by atoms with E-state index in [9.17, 15) is 9.90 Å². The molecule has 0 saturated heterocycles. The zero-order valence-corrected chi connectivity index (χ0v) is 12.8. The lowest BCUT2D eigenvalue weighted by molar-refractivity contribution is -0.117. The average molecular weight is 299 g/mol. The maximum absolute atomic E-state index is 12.0. The lowest BCUT2D eigenvalue weighted by atomic mass is 10.1. The number of nitrogens with one attached hydrogen (secondary N) is 1.